The van der Waals surface area contributed by atoms with Gasteiger partial charge in [-0.1, -0.05) is 36.0 Å². The molecule has 0 radical (unpaired) electrons. The van der Waals surface area contributed by atoms with Gasteiger partial charge in [0.15, 0.2) is 5.16 Å². The number of urea groups is 1. The van der Waals surface area contributed by atoms with Gasteiger partial charge in [0.25, 0.3) is 0 Å². The minimum absolute atomic E-state index is 0.233. The summed E-state index contributed by atoms with van der Waals surface area (Å²) in [5.74, 6) is 0.570. The van der Waals surface area contributed by atoms with Crippen LogP contribution in [-0.4, -0.2) is 41.0 Å². The van der Waals surface area contributed by atoms with Gasteiger partial charge in [-0.25, -0.2) is 14.6 Å². The molecule has 32 heavy (non-hydrogen) atoms. The van der Waals surface area contributed by atoms with Crippen molar-refractivity contribution in [3.05, 3.63) is 65.4 Å². The second-order valence-electron chi connectivity index (χ2n) is 7.15. The van der Waals surface area contributed by atoms with E-state index in [9.17, 15) is 9.59 Å². The van der Waals surface area contributed by atoms with E-state index >= 15 is 0 Å². The zero-order valence-electron chi connectivity index (χ0n) is 18.0. The largest absolute Gasteiger partial charge is 0.497 e. The fourth-order valence-electron chi connectivity index (χ4n) is 3.62. The van der Waals surface area contributed by atoms with E-state index in [-0.39, 0.29) is 12.6 Å². The quantitative estimate of drug-likeness (QED) is 0.421. The van der Waals surface area contributed by atoms with Gasteiger partial charge in [0.1, 0.15) is 5.75 Å². The van der Waals surface area contributed by atoms with Crippen LogP contribution in [-0.2, 0) is 16.6 Å². The van der Waals surface area contributed by atoms with Crippen LogP contribution in [0.1, 0.15) is 18.5 Å². The second kappa shape index (κ2) is 9.35. The molecule has 166 valence electrons. The monoisotopic (exact) mass is 452 g/mol. The summed E-state index contributed by atoms with van der Waals surface area (Å²) >= 11 is 1.45. The molecule has 0 fully saturated rings. The number of nitrogens with one attached hydrogen (secondary N) is 2. The molecule has 2 heterocycles. The van der Waals surface area contributed by atoms with Crippen molar-refractivity contribution in [2.45, 2.75) is 18.1 Å². The first kappa shape index (κ1) is 21.8. The zero-order chi connectivity index (χ0) is 22.7. The lowest BCUT2D eigenvalue weighted by Crippen LogP contribution is -2.46. The number of para-hydroxylation sites is 2. The molecule has 1 aliphatic heterocycles. The molecule has 1 unspecified atom stereocenters. The smallest absolute Gasteiger partial charge is 0.338 e. The Morgan fingerprint density at radius 2 is 1.94 bits per heavy atom. The number of hydrogen-bond acceptors (Lipinski definition) is 6. The van der Waals surface area contributed by atoms with Crippen molar-refractivity contribution in [1.29, 1.82) is 0 Å². The number of amides is 2. The maximum Gasteiger partial charge on any atom is 0.338 e. The standard InChI is InChI=1S/C23H24N4O4S/c1-4-31-21(28)19-17(13-32-23-25-16-7-5-6-8-18(16)27(23)2)24-22(29)26-20(19)14-9-11-15(30-3)12-10-14/h5-12,20H,4,13H2,1-3H3,(H2,24,26,29). The Bertz CT molecular complexity index is 1190. The molecule has 2 amide bonds. The number of ether oxygens (including phenoxy) is 2. The number of aryl methyl sites for hydroxylation is 1. The number of aromatic nitrogens is 2. The van der Waals surface area contributed by atoms with Crippen molar-refractivity contribution >= 4 is 34.8 Å². The highest BCUT2D eigenvalue weighted by atomic mass is 32.2. The van der Waals surface area contributed by atoms with Gasteiger partial charge in [0, 0.05) is 18.5 Å². The Morgan fingerprint density at radius 3 is 2.62 bits per heavy atom. The molecule has 0 bridgehead atoms. The number of methoxy groups -OCH3 is 1. The van der Waals surface area contributed by atoms with Gasteiger partial charge in [-0.15, -0.1) is 0 Å². The number of benzene rings is 2. The van der Waals surface area contributed by atoms with Crippen LogP contribution in [0.2, 0.25) is 0 Å². The van der Waals surface area contributed by atoms with Crippen LogP contribution in [0.25, 0.3) is 11.0 Å². The molecule has 4 rings (SSSR count). The lowest BCUT2D eigenvalue weighted by atomic mass is 9.95. The first-order chi connectivity index (χ1) is 15.5. The average Bonchev–Trinajstić information content (AvgIpc) is 3.13. The van der Waals surface area contributed by atoms with Gasteiger partial charge >= 0.3 is 12.0 Å². The summed E-state index contributed by atoms with van der Waals surface area (Å²) in [6.45, 7) is 1.99. The Morgan fingerprint density at radius 1 is 1.19 bits per heavy atom. The molecule has 1 aliphatic rings. The van der Waals surface area contributed by atoms with Gasteiger partial charge in [-0.05, 0) is 36.8 Å². The Balaban J connectivity index is 1.69. The molecule has 8 nitrogen and oxygen atoms in total. The number of rotatable bonds is 7. The van der Waals surface area contributed by atoms with E-state index in [2.05, 4.69) is 15.6 Å². The summed E-state index contributed by atoms with van der Waals surface area (Å²) in [7, 11) is 3.53. The number of carbonyl (C=O) groups is 2. The summed E-state index contributed by atoms with van der Waals surface area (Å²) in [5, 5.41) is 6.43. The number of thioether (sulfide) groups is 1. The maximum atomic E-state index is 12.9. The Kier molecular flexibility index (Phi) is 6.36. The third-order valence-corrected chi connectivity index (χ3v) is 6.25. The molecule has 0 aliphatic carbocycles. The van der Waals surface area contributed by atoms with Crippen LogP contribution < -0.4 is 15.4 Å². The van der Waals surface area contributed by atoms with Crippen LogP contribution >= 0.6 is 11.8 Å². The zero-order valence-corrected chi connectivity index (χ0v) is 18.9. The molecular weight excluding hydrogens is 428 g/mol. The topological polar surface area (TPSA) is 94.5 Å². The number of esters is 1. The minimum Gasteiger partial charge on any atom is -0.497 e. The highest BCUT2D eigenvalue weighted by molar-refractivity contribution is 7.99. The molecule has 1 aromatic heterocycles. The highest BCUT2D eigenvalue weighted by Gasteiger charge is 2.33. The molecule has 9 heteroatoms. The molecule has 0 spiro atoms. The SMILES string of the molecule is CCOC(=O)C1=C(CSc2nc3ccccc3n2C)NC(=O)NC1c1ccc(OC)cc1. The van der Waals surface area contributed by atoms with Gasteiger partial charge in [0.2, 0.25) is 0 Å². The predicted molar refractivity (Wildman–Crippen MR) is 122 cm³/mol. The molecule has 0 saturated carbocycles. The third-order valence-electron chi connectivity index (χ3n) is 5.19. The minimum atomic E-state index is -0.634. The van der Waals surface area contributed by atoms with Crippen LogP contribution in [0, 0.1) is 0 Å². The van der Waals surface area contributed by atoms with Gasteiger partial charge in [-0.3, -0.25) is 0 Å². The Labute approximate surface area is 190 Å². The van der Waals surface area contributed by atoms with E-state index in [1.807, 2.05) is 48.0 Å². The lowest BCUT2D eigenvalue weighted by Gasteiger charge is -2.29. The molecular formula is C23H24N4O4S. The van der Waals surface area contributed by atoms with Crippen molar-refractivity contribution in [2.75, 3.05) is 19.5 Å². The van der Waals surface area contributed by atoms with E-state index in [0.29, 0.717) is 22.8 Å². The number of carbonyl (C=O) groups excluding carboxylic acids is 2. The summed E-state index contributed by atoms with van der Waals surface area (Å²) in [4.78, 5) is 30.0. The van der Waals surface area contributed by atoms with E-state index in [4.69, 9.17) is 9.47 Å². The first-order valence-electron chi connectivity index (χ1n) is 10.2. The molecule has 2 N–H and O–H groups in total. The van der Waals surface area contributed by atoms with Gasteiger partial charge in [0.05, 0.1) is 36.4 Å². The number of imidazole rings is 1. The van der Waals surface area contributed by atoms with E-state index in [0.717, 1.165) is 21.8 Å². The first-order valence-corrected chi connectivity index (χ1v) is 11.2. The lowest BCUT2D eigenvalue weighted by molar-refractivity contribution is -0.139. The van der Waals surface area contributed by atoms with Gasteiger partial charge < -0.3 is 24.7 Å². The fraction of sp³-hybridized carbons (Fsp3) is 0.261. The number of hydrogen-bond donors (Lipinski definition) is 2. The average molecular weight is 453 g/mol. The second-order valence-corrected chi connectivity index (χ2v) is 8.09. The normalized spacial score (nSPS) is 16.0. The van der Waals surface area contributed by atoms with Crippen molar-refractivity contribution in [2.24, 2.45) is 7.05 Å². The molecule has 1 atom stereocenters. The van der Waals surface area contributed by atoms with Crippen molar-refractivity contribution in [1.82, 2.24) is 20.2 Å². The van der Waals surface area contributed by atoms with Crippen LogP contribution in [0.15, 0.2) is 65.0 Å². The summed E-state index contributed by atoms with van der Waals surface area (Å²) in [5.41, 5.74) is 3.55. The van der Waals surface area contributed by atoms with Crippen LogP contribution in [0.4, 0.5) is 4.79 Å². The van der Waals surface area contributed by atoms with E-state index < -0.39 is 12.0 Å². The third kappa shape index (κ3) is 4.29. The Hall–Kier alpha value is -3.46. The van der Waals surface area contributed by atoms with Crippen LogP contribution in [0.5, 0.6) is 5.75 Å². The summed E-state index contributed by atoms with van der Waals surface area (Å²) < 4.78 is 12.5. The maximum absolute atomic E-state index is 12.9. The molecule has 0 saturated heterocycles. The van der Waals surface area contributed by atoms with E-state index in [1.54, 1.807) is 26.2 Å². The highest BCUT2D eigenvalue weighted by Crippen LogP contribution is 2.32. The van der Waals surface area contributed by atoms with Crippen LogP contribution in [0.3, 0.4) is 0 Å². The predicted octanol–water partition coefficient (Wildman–Crippen LogP) is 3.55. The fourth-order valence-corrected chi connectivity index (χ4v) is 4.57. The van der Waals surface area contributed by atoms with Crippen molar-refractivity contribution in [3.8, 4) is 5.75 Å². The molecule has 3 aromatic rings. The van der Waals surface area contributed by atoms with Crippen molar-refractivity contribution < 1.29 is 19.1 Å². The van der Waals surface area contributed by atoms with Gasteiger partial charge in [-0.2, -0.15) is 0 Å². The number of nitrogens with zero attached hydrogens (tertiary/aromatic N) is 2. The summed E-state index contributed by atoms with van der Waals surface area (Å²) in [6.07, 6.45) is 0. The molecule has 2 aromatic carbocycles. The van der Waals surface area contributed by atoms with Crippen molar-refractivity contribution in [3.63, 3.8) is 0 Å². The summed E-state index contributed by atoms with van der Waals surface area (Å²) in [6, 6.07) is 14.1. The van der Waals surface area contributed by atoms with E-state index in [1.165, 1.54) is 11.8 Å². The number of fused-ring (bicyclic) bond motifs is 1.